The van der Waals surface area contributed by atoms with Gasteiger partial charge in [0.1, 0.15) is 5.75 Å². The molecule has 310 valence electrons. The van der Waals surface area contributed by atoms with Gasteiger partial charge in [0.15, 0.2) is 0 Å². The number of aromatic nitrogens is 1. The summed E-state index contributed by atoms with van der Waals surface area (Å²) in [6.07, 6.45) is 4.36. The fourth-order valence-corrected chi connectivity index (χ4v) is 14.4. The molecule has 4 N–H and O–H groups in total. The van der Waals surface area contributed by atoms with E-state index in [4.69, 9.17) is 9.08 Å². The first-order chi connectivity index (χ1) is 29.4. The van der Waals surface area contributed by atoms with Gasteiger partial charge in [-0.25, -0.2) is 0 Å². The Morgan fingerprint density at radius 2 is 1.57 bits per heavy atom. The summed E-state index contributed by atoms with van der Waals surface area (Å²) >= 11 is 0. The number of nitrogens with zero attached hydrogens (tertiary/aromatic N) is 2. The number of imide groups is 1. The van der Waals surface area contributed by atoms with Crippen LogP contribution in [0.15, 0.2) is 145 Å². The summed E-state index contributed by atoms with van der Waals surface area (Å²) in [7, 11) is -6.05. The number of hydrogen-bond donors (Lipinski definition) is 4. The number of phenols is 1. The summed E-state index contributed by atoms with van der Waals surface area (Å²) in [6.45, 7) is 6.82. The molecule has 1 aromatic heterocycles. The van der Waals surface area contributed by atoms with E-state index in [0.29, 0.717) is 12.8 Å². The maximum atomic E-state index is 14.7. The van der Waals surface area contributed by atoms with Gasteiger partial charge in [0.05, 0.1) is 35.9 Å². The zero-order valence-electron chi connectivity index (χ0n) is 34.6. The fraction of sp³-hybridized carbons (Fsp3) is 0.271. The number of carbonyl (C=O) groups excluding carboxylic acids is 2. The number of hydrogen-bond acceptors (Lipinski definition) is 9. The second kappa shape index (κ2) is 17.5. The average Bonchev–Trinajstić information content (AvgIpc) is 3.51. The van der Waals surface area contributed by atoms with E-state index in [1.165, 1.54) is 17.0 Å². The Labute approximate surface area is 358 Å². The second-order valence-corrected chi connectivity index (χ2v) is 21.6. The summed E-state index contributed by atoms with van der Waals surface area (Å²) in [5.74, 6) is -2.66. The number of carbonyl (C=O) groups is 2. The Bertz CT molecular complexity index is 2410. The van der Waals surface area contributed by atoms with Gasteiger partial charge in [0.25, 0.3) is 8.32 Å². The van der Waals surface area contributed by atoms with E-state index in [1.807, 2.05) is 66.7 Å². The molecule has 0 bridgehead atoms. The summed E-state index contributed by atoms with van der Waals surface area (Å²) in [6, 6.07) is 39.6. The van der Waals surface area contributed by atoms with Gasteiger partial charge in [0.2, 0.25) is 11.8 Å². The molecular weight excluding hydrogens is 782 g/mol. The fourth-order valence-electron chi connectivity index (χ4n) is 9.86. The first-order valence-corrected chi connectivity index (χ1v) is 22.8. The number of anilines is 1. The molecule has 61 heavy (non-hydrogen) atoms. The molecule has 2 amide bonds. The van der Waals surface area contributed by atoms with Crippen molar-refractivity contribution in [2.24, 2.45) is 17.8 Å². The van der Waals surface area contributed by atoms with E-state index in [1.54, 1.807) is 36.5 Å². The maximum absolute atomic E-state index is 14.7. The highest BCUT2D eigenvalue weighted by molar-refractivity contribution is 6.99. The van der Waals surface area contributed by atoms with Gasteiger partial charge in [-0.05, 0) is 117 Å². The highest BCUT2D eigenvalue weighted by atomic mass is 28.4. The van der Waals surface area contributed by atoms with Crippen LogP contribution in [0.4, 0.5) is 5.69 Å². The van der Waals surface area contributed by atoms with Gasteiger partial charge in [-0.1, -0.05) is 112 Å². The number of pyridine rings is 1. The lowest BCUT2D eigenvalue weighted by atomic mass is 9.58. The summed E-state index contributed by atoms with van der Waals surface area (Å²) in [5, 5.41) is 43.6. The molecule has 5 aromatic rings. The van der Waals surface area contributed by atoms with Crippen LogP contribution in [0.25, 0.3) is 11.6 Å². The SMILES string of the molecule is CC(C)(C)[Si](OCC1=C2[C@@H](CC/C(=C/c3cccc(O)c3)c3ccccn3)OB(O)C[C@@H]2[C@@H]2C(=O)N(c3cccc(B(O)O)c3)C(=O)[C@@H]2C1)(c1ccccc1)c1ccccc1. The third-order valence-electron chi connectivity index (χ3n) is 12.5. The maximum Gasteiger partial charge on any atom is 0.488 e. The van der Waals surface area contributed by atoms with Crippen LogP contribution in [0.1, 0.15) is 51.3 Å². The lowest BCUT2D eigenvalue weighted by Crippen LogP contribution is -2.66. The molecule has 8 rings (SSSR count). The molecule has 1 aliphatic carbocycles. The smallest absolute Gasteiger partial charge is 0.488 e. The van der Waals surface area contributed by atoms with Crippen molar-refractivity contribution < 1.29 is 38.8 Å². The molecule has 0 radical (unpaired) electrons. The molecule has 2 saturated heterocycles. The number of amides is 2. The molecule has 3 heterocycles. The van der Waals surface area contributed by atoms with Gasteiger partial charge in [-0.15, -0.1) is 0 Å². The Kier molecular flexibility index (Phi) is 12.2. The van der Waals surface area contributed by atoms with Crippen LogP contribution in [-0.2, 0) is 18.7 Å². The number of fused-ring (bicyclic) bond motifs is 3. The van der Waals surface area contributed by atoms with Crippen molar-refractivity contribution in [2.75, 3.05) is 11.5 Å². The topological polar surface area (TPSA) is 150 Å². The zero-order chi connectivity index (χ0) is 42.9. The van der Waals surface area contributed by atoms with E-state index in [2.05, 4.69) is 50.0 Å². The normalized spacial score (nSPS) is 20.8. The quantitative estimate of drug-likeness (QED) is 0.0741. The molecule has 0 saturated carbocycles. The molecule has 2 aliphatic heterocycles. The molecule has 0 unspecified atom stereocenters. The lowest BCUT2D eigenvalue weighted by molar-refractivity contribution is -0.122. The summed E-state index contributed by atoms with van der Waals surface area (Å²) in [5.41, 5.74) is 4.65. The average molecular weight is 833 g/mol. The van der Waals surface area contributed by atoms with Crippen LogP contribution in [0.2, 0.25) is 11.4 Å². The van der Waals surface area contributed by atoms with Crippen molar-refractivity contribution in [1.82, 2.24) is 4.98 Å². The molecule has 3 aliphatic rings. The van der Waals surface area contributed by atoms with Crippen molar-refractivity contribution >= 4 is 67.5 Å². The number of benzene rings is 4. The van der Waals surface area contributed by atoms with Crippen molar-refractivity contribution in [2.45, 2.75) is 57.5 Å². The minimum Gasteiger partial charge on any atom is -0.508 e. The van der Waals surface area contributed by atoms with Crippen molar-refractivity contribution in [1.29, 1.82) is 0 Å². The van der Waals surface area contributed by atoms with E-state index in [-0.39, 0.29) is 53.1 Å². The second-order valence-electron chi connectivity index (χ2n) is 17.3. The van der Waals surface area contributed by atoms with Crippen LogP contribution in [0, 0.1) is 17.8 Å². The van der Waals surface area contributed by atoms with Crippen LogP contribution in [0.5, 0.6) is 5.75 Å². The van der Waals surface area contributed by atoms with E-state index >= 15 is 0 Å². The van der Waals surface area contributed by atoms with Crippen LogP contribution < -0.4 is 20.7 Å². The molecule has 4 atom stereocenters. The lowest BCUT2D eigenvalue weighted by Gasteiger charge is -2.46. The Morgan fingerprint density at radius 3 is 2.21 bits per heavy atom. The summed E-state index contributed by atoms with van der Waals surface area (Å²) < 4.78 is 14.0. The third-order valence-corrected chi connectivity index (χ3v) is 17.5. The van der Waals surface area contributed by atoms with Gasteiger partial charge >= 0.3 is 14.2 Å². The standard InChI is InChI=1S/C48H50B2N2O8Si/c1-48(2,3)61(38-18-6-4-7-19-38,39-20-8-5-9-21-39)59-31-34-28-40-45(47(55)52(46(40)54)36-16-13-15-35(29-36)50(57)58)41-30-49(56)60-43(44(34)41)24-23-33(42-22-10-11-25-51-42)26-32-14-12-17-37(53)27-32/h4-22,25-27,29,40-41,43,45,53,56-58H,23-24,28,30-31H2,1-3H3/b33-26-/t40-,41+,43-,45-/m1/s1. The predicted octanol–water partition coefficient (Wildman–Crippen LogP) is 5.37. The highest BCUT2D eigenvalue weighted by Gasteiger charge is 2.58. The van der Waals surface area contributed by atoms with Gasteiger partial charge in [-0.3, -0.25) is 19.5 Å². The molecule has 13 heteroatoms. The highest BCUT2D eigenvalue weighted by Crippen LogP contribution is 2.52. The van der Waals surface area contributed by atoms with Crippen LogP contribution >= 0.6 is 0 Å². The van der Waals surface area contributed by atoms with Crippen molar-refractivity contribution in [3.63, 3.8) is 0 Å². The Morgan fingerprint density at radius 1 is 0.885 bits per heavy atom. The number of phenolic OH excluding ortho intramolecular Hbond substituents is 1. The monoisotopic (exact) mass is 832 g/mol. The van der Waals surface area contributed by atoms with Gasteiger partial charge in [-0.2, -0.15) is 0 Å². The molecule has 2 fully saturated rings. The van der Waals surface area contributed by atoms with Crippen LogP contribution in [-0.4, -0.2) is 72.2 Å². The van der Waals surface area contributed by atoms with E-state index in [9.17, 15) is 29.8 Å². The minimum absolute atomic E-state index is 0.115. The molecule has 0 spiro atoms. The van der Waals surface area contributed by atoms with Crippen molar-refractivity contribution in [3.8, 4) is 5.75 Å². The molecule has 10 nitrogen and oxygen atoms in total. The summed E-state index contributed by atoms with van der Waals surface area (Å²) in [4.78, 5) is 35.1. The predicted molar refractivity (Wildman–Crippen MR) is 242 cm³/mol. The number of aromatic hydroxyl groups is 1. The minimum atomic E-state index is -3.07. The molecule has 4 aromatic carbocycles. The van der Waals surface area contributed by atoms with Crippen LogP contribution in [0.3, 0.4) is 0 Å². The number of allylic oxidation sites excluding steroid dienone is 1. The zero-order valence-corrected chi connectivity index (χ0v) is 35.6. The Hall–Kier alpha value is -5.40. The van der Waals surface area contributed by atoms with Gasteiger partial charge < -0.3 is 29.3 Å². The largest absolute Gasteiger partial charge is 0.508 e. The number of rotatable bonds is 12. The first-order valence-electron chi connectivity index (χ1n) is 20.9. The van der Waals surface area contributed by atoms with E-state index in [0.717, 1.165) is 38.4 Å². The Balaban J connectivity index is 1.23. The molecular formula is C48H50B2N2O8Si. The third kappa shape index (κ3) is 8.34. The first kappa shape index (κ1) is 42.3. The van der Waals surface area contributed by atoms with Gasteiger partial charge in [0, 0.05) is 6.20 Å². The van der Waals surface area contributed by atoms with E-state index < -0.39 is 46.4 Å². The van der Waals surface area contributed by atoms with Crippen molar-refractivity contribution in [3.05, 3.63) is 156 Å².